The van der Waals surface area contributed by atoms with Gasteiger partial charge in [-0.25, -0.2) is 0 Å². The largest absolute Gasteiger partial charge is 0.416 e. The van der Waals surface area contributed by atoms with Gasteiger partial charge in [-0.2, -0.15) is 26.7 Å². The molecule has 0 bridgehead atoms. The molecule has 1 amide bonds. The normalized spacial score (nSPS) is 10.9. The zero-order valence-corrected chi connectivity index (χ0v) is 10.4. The van der Waals surface area contributed by atoms with Crippen molar-refractivity contribution in [2.75, 3.05) is 0 Å². The third-order valence-corrected chi connectivity index (χ3v) is 1.87. The van der Waals surface area contributed by atoms with E-state index in [1.807, 2.05) is 0 Å². The molecule has 0 atom stereocenters. The Labute approximate surface area is 105 Å². The minimum Gasteiger partial charge on any atom is -0.350 e. The Hall–Kier alpha value is -1.17. The van der Waals surface area contributed by atoms with Gasteiger partial charge in [0.25, 0.3) is 5.91 Å². The maximum Gasteiger partial charge on any atom is 0.416 e. The molecule has 0 saturated carbocycles. The fourth-order valence-electron chi connectivity index (χ4n) is 1.18. The zero-order valence-electron chi connectivity index (χ0n) is 9.43. The molecule has 0 radical (unpaired) electrons. The van der Waals surface area contributed by atoms with Crippen molar-refractivity contribution in [1.82, 2.24) is 5.32 Å². The molecule has 0 heterocycles. The van der Waals surface area contributed by atoms with E-state index >= 15 is 0 Å². The van der Waals surface area contributed by atoms with Gasteiger partial charge in [0.1, 0.15) is 0 Å². The Morgan fingerprint density at radius 3 is 2.35 bits per heavy atom. The molecule has 0 aliphatic rings. The maximum absolute atomic E-state index is 12.4. The van der Waals surface area contributed by atoms with Gasteiger partial charge < -0.3 is 5.32 Å². The summed E-state index contributed by atoms with van der Waals surface area (Å²) < 4.78 is 37.1. The number of rotatable bonds is 2. The van der Waals surface area contributed by atoms with E-state index in [9.17, 15) is 18.0 Å². The van der Waals surface area contributed by atoms with Gasteiger partial charge in [-0.05, 0) is 32.0 Å². The summed E-state index contributed by atoms with van der Waals surface area (Å²) in [7, 11) is 0. The molecule has 17 heavy (non-hydrogen) atoms. The average molecular weight is 265 g/mol. The van der Waals surface area contributed by atoms with E-state index in [1.165, 1.54) is 12.1 Å². The smallest absolute Gasteiger partial charge is 0.350 e. The standard InChI is InChI=1S/C11H12F3NO.H2S/c1-7(2)15-10(16)8-4-3-5-9(6-8)11(12,13)14;/h3-7H,1-2H3,(H,15,16);1H2. The second-order valence-electron chi connectivity index (χ2n) is 3.71. The molecule has 0 aromatic heterocycles. The Morgan fingerprint density at radius 2 is 1.88 bits per heavy atom. The van der Waals surface area contributed by atoms with Crippen LogP contribution < -0.4 is 5.32 Å². The first-order chi connectivity index (χ1) is 7.30. The lowest BCUT2D eigenvalue weighted by Crippen LogP contribution is -2.30. The molecule has 0 unspecified atom stereocenters. The van der Waals surface area contributed by atoms with Gasteiger partial charge in [0.05, 0.1) is 5.56 Å². The Morgan fingerprint density at radius 1 is 1.29 bits per heavy atom. The number of halogens is 3. The van der Waals surface area contributed by atoms with Crippen molar-refractivity contribution in [1.29, 1.82) is 0 Å². The van der Waals surface area contributed by atoms with Crippen molar-refractivity contribution < 1.29 is 18.0 Å². The minimum atomic E-state index is -4.42. The van der Waals surface area contributed by atoms with Gasteiger partial charge >= 0.3 is 6.18 Å². The predicted octanol–water partition coefficient (Wildman–Crippen LogP) is 2.96. The van der Waals surface area contributed by atoms with E-state index in [0.717, 1.165) is 12.1 Å². The van der Waals surface area contributed by atoms with E-state index in [4.69, 9.17) is 0 Å². The third kappa shape index (κ3) is 4.68. The molecule has 1 N–H and O–H groups in total. The van der Waals surface area contributed by atoms with Crippen LogP contribution in [0.5, 0.6) is 0 Å². The number of hydrogen-bond donors (Lipinski definition) is 1. The molecule has 0 fully saturated rings. The summed E-state index contributed by atoms with van der Waals surface area (Å²) in [5, 5.41) is 2.53. The molecular formula is C11H14F3NOS. The first-order valence-electron chi connectivity index (χ1n) is 4.79. The van der Waals surface area contributed by atoms with E-state index in [0.29, 0.717) is 0 Å². The van der Waals surface area contributed by atoms with Gasteiger partial charge in [0.2, 0.25) is 0 Å². The Kier molecular flexibility index (Phi) is 5.54. The first-order valence-corrected chi connectivity index (χ1v) is 4.79. The number of hydrogen-bond acceptors (Lipinski definition) is 1. The number of benzene rings is 1. The summed E-state index contributed by atoms with van der Waals surface area (Å²) in [6.45, 7) is 3.48. The van der Waals surface area contributed by atoms with E-state index in [2.05, 4.69) is 5.32 Å². The van der Waals surface area contributed by atoms with Gasteiger partial charge in [0.15, 0.2) is 0 Å². The van der Waals surface area contributed by atoms with E-state index in [-0.39, 0.29) is 25.1 Å². The average Bonchev–Trinajstić information content (AvgIpc) is 2.15. The van der Waals surface area contributed by atoms with Crippen LogP contribution in [-0.4, -0.2) is 11.9 Å². The van der Waals surface area contributed by atoms with Crippen LogP contribution in [0, 0.1) is 0 Å². The second kappa shape index (κ2) is 5.95. The molecular weight excluding hydrogens is 251 g/mol. The quantitative estimate of drug-likeness (QED) is 0.875. The summed E-state index contributed by atoms with van der Waals surface area (Å²) in [5.74, 6) is -0.499. The highest BCUT2D eigenvalue weighted by molar-refractivity contribution is 7.59. The molecule has 0 saturated heterocycles. The van der Waals surface area contributed by atoms with E-state index in [1.54, 1.807) is 13.8 Å². The van der Waals surface area contributed by atoms with Crippen molar-refractivity contribution in [3.63, 3.8) is 0 Å². The molecule has 0 aliphatic carbocycles. The zero-order chi connectivity index (χ0) is 12.3. The summed E-state index contributed by atoms with van der Waals surface area (Å²) in [4.78, 5) is 11.5. The maximum atomic E-state index is 12.4. The molecule has 1 rings (SSSR count). The number of amides is 1. The van der Waals surface area contributed by atoms with Crippen LogP contribution in [-0.2, 0) is 6.18 Å². The fraction of sp³-hybridized carbons (Fsp3) is 0.364. The summed E-state index contributed by atoms with van der Waals surface area (Å²) >= 11 is 0. The van der Waals surface area contributed by atoms with Crippen molar-refractivity contribution in [3.05, 3.63) is 35.4 Å². The van der Waals surface area contributed by atoms with Crippen LogP contribution in [0.15, 0.2) is 24.3 Å². The molecule has 1 aromatic carbocycles. The van der Waals surface area contributed by atoms with Gasteiger partial charge in [0, 0.05) is 11.6 Å². The molecule has 0 spiro atoms. The number of nitrogens with one attached hydrogen (secondary N) is 1. The van der Waals surface area contributed by atoms with Crippen LogP contribution in [0.2, 0.25) is 0 Å². The lowest BCUT2D eigenvalue weighted by atomic mass is 10.1. The molecule has 1 aromatic rings. The van der Waals surface area contributed by atoms with E-state index < -0.39 is 17.6 Å². The second-order valence-corrected chi connectivity index (χ2v) is 3.71. The number of carbonyl (C=O) groups is 1. The third-order valence-electron chi connectivity index (χ3n) is 1.87. The van der Waals surface area contributed by atoms with Crippen molar-refractivity contribution in [3.8, 4) is 0 Å². The van der Waals surface area contributed by atoms with Crippen molar-refractivity contribution in [2.45, 2.75) is 26.1 Å². The van der Waals surface area contributed by atoms with Crippen LogP contribution in [0.25, 0.3) is 0 Å². The van der Waals surface area contributed by atoms with Gasteiger partial charge in [-0.1, -0.05) is 6.07 Å². The van der Waals surface area contributed by atoms with Crippen molar-refractivity contribution in [2.24, 2.45) is 0 Å². The fourth-order valence-corrected chi connectivity index (χ4v) is 1.18. The van der Waals surface area contributed by atoms with Gasteiger partial charge in [-0.15, -0.1) is 0 Å². The van der Waals surface area contributed by atoms with Crippen LogP contribution in [0.3, 0.4) is 0 Å². The van der Waals surface area contributed by atoms with Crippen LogP contribution >= 0.6 is 13.5 Å². The summed E-state index contributed by atoms with van der Waals surface area (Å²) in [6, 6.07) is 4.25. The van der Waals surface area contributed by atoms with Crippen LogP contribution in [0.1, 0.15) is 29.8 Å². The summed E-state index contributed by atoms with van der Waals surface area (Å²) in [5.41, 5.74) is -0.799. The predicted molar refractivity (Wildman–Crippen MR) is 64.4 cm³/mol. The lowest BCUT2D eigenvalue weighted by molar-refractivity contribution is -0.137. The van der Waals surface area contributed by atoms with Crippen LogP contribution in [0.4, 0.5) is 13.2 Å². The SMILES string of the molecule is CC(C)NC(=O)c1cccc(C(F)(F)F)c1.S. The van der Waals surface area contributed by atoms with Gasteiger partial charge in [-0.3, -0.25) is 4.79 Å². The lowest BCUT2D eigenvalue weighted by Gasteiger charge is -2.10. The molecule has 0 aliphatic heterocycles. The highest BCUT2D eigenvalue weighted by atomic mass is 32.1. The monoisotopic (exact) mass is 265 g/mol. The number of alkyl halides is 3. The Balaban J connectivity index is 0.00000256. The minimum absolute atomic E-state index is 0. The van der Waals surface area contributed by atoms with Crippen molar-refractivity contribution >= 4 is 19.4 Å². The molecule has 2 nitrogen and oxygen atoms in total. The highest BCUT2D eigenvalue weighted by Gasteiger charge is 2.30. The highest BCUT2D eigenvalue weighted by Crippen LogP contribution is 2.29. The summed E-state index contributed by atoms with van der Waals surface area (Å²) in [6.07, 6.45) is -4.42. The first kappa shape index (κ1) is 15.8. The molecule has 96 valence electrons. The topological polar surface area (TPSA) is 29.1 Å². The Bertz CT molecular complexity index is 391. The number of carbonyl (C=O) groups excluding carboxylic acids is 1. The molecule has 6 heteroatoms.